The van der Waals surface area contributed by atoms with E-state index in [4.69, 9.17) is 15.5 Å². The molecular formula is C22H30NO6PS. The lowest BCUT2D eigenvalue weighted by Gasteiger charge is -2.26. The van der Waals surface area contributed by atoms with Crippen LogP contribution < -0.4 is 5.73 Å². The van der Waals surface area contributed by atoms with Gasteiger partial charge in [-0.1, -0.05) is 36.4 Å². The normalized spacial score (nSPS) is 17.8. The molecule has 1 aliphatic rings. The van der Waals surface area contributed by atoms with Gasteiger partial charge in [0.2, 0.25) is 0 Å². The standard InChI is InChI=1S/C22H30NO6PS/c23-15-21(5-4-12-29-30(24,25)26)20-11-10-18-13-17(8-9-19(18)14-20)16-31(27,28)22-6-2-1-3-7-22/h1-3,6-7,10-11,14,17,21H,4-5,8-9,12-13,15-16,23H2,(H2,24,25,26)/t17-,21-/m0/s1. The Hall–Kier alpha value is -1.54. The molecule has 0 aromatic heterocycles. The number of nitrogens with two attached hydrogens (primary N) is 1. The zero-order valence-electron chi connectivity index (χ0n) is 17.4. The predicted octanol–water partition coefficient (Wildman–Crippen LogP) is 3.20. The summed E-state index contributed by atoms with van der Waals surface area (Å²) in [5.74, 6) is 0.337. The molecular weight excluding hydrogens is 437 g/mol. The summed E-state index contributed by atoms with van der Waals surface area (Å²) in [5.41, 5.74) is 9.46. The average Bonchev–Trinajstić information content (AvgIpc) is 2.73. The van der Waals surface area contributed by atoms with Crippen LogP contribution in [-0.2, 0) is 31.8 Å². The molecule has 170 valence electrons. The summed E-state index contributed by atoms with van der Waals surface area (Å²) in [6.07, 6.45) is 3.57. The van der Waals surface area contributed by atoms with E-state index in [1.165, 1.54) is 11.1 Å². The van der Waals surface area contributed by atoms with Crippen LogP contribution in [-0.4, -0.2) is 37.1 Å². The molecule has 4 N–H and O–H groups in total. The third-order valence-electron chi connectivity index (χ3n) is 5.83. The first kappa shape index (κ1) is 24.1. The van der Waals surface area contributed by atoms with Gasteiger partial charge in [0, 0.05) is 0 Å². The van der Waals surface area contributed by atoms with Crippen LogP contribution in [0.15, 0.2) is 53.4 Å². The SMILES string of the molecule is NC[C@H](CCCOP(=O)(O)O)c1ccc2c(c1)CC[C@H](CS(=O)(=O)c1ccccc1)C2. The molecule has 0 unspecified atom stereocenters. The Bertz CT molecular complexity index is 1020. The van der Waals surface area contributed by atoms with Crippen LogP contribution in [0.25, 0.3) is 0 Å². The molecule has 31 heavy (non-hydrogen) atoms. The third-order valence-corrected chi connectivity index (χ3v) is 8.25. The Morgan fingerprint density at radius 1 is 1.13 bits per heavy atom. The summed E-state index contributed by atoms with van der Waals surface area (Å²) in [6, 6.07) is 14.9. The number of hydrogen-bond donors (Lipinski definition) is 3. The molecule has 0 saturated carbocycles. The van der Waals surface area contributed by atoms with Crippen molar-refractivity contribution >= 4 is 17.7 Å². The largest absolute Gasteiger partial charge is 0.469 e. The van der Waals surface area contributed by atoms with Crippen molar-refractivity contribution in [3.8, 4) is 0 Å². The number of phosphoric ester groups is 1. The van der Waals surface area contributed by atoms with Crippen LogP contribution in [0.5, 0.6) is 0 Å². The first-order valence-corrected chi connectivity index (χ1v) is 13.7. The third kappa shape index (κ3) is 6.97. The number of aryl methyl sites for hydroxylation is 1. The van der Waals surface area contributed by atoms with Gasteiger partial charge in [0.05, 0.1) is 17.3 Å². The summed E-state index contributed by atoms with van der Waals surface area (Å²) in [7, 11) is -7.73. The monoisotopic (exact) mass is 467 g/mol. The van der Waals surface area contributed by atoms with Crippen LogP contribution in [0.2, 0.25) is 0 Å². The minimum Gasteiger partial charge on any atom is -0.330 e. The Balaban J connectivity index is 1.61. The Labute approximate surface area is 183 Å². The van der Waals surface area contributed by atoms with E-state index >= 15 is 0 Å². The van der Waals surface area contributed by atoms with Crippen LogP contribution in [0.1, 0.15) is 41.9 Å². The summed E-state index contributed by atoms with van der Waals surface area (Å²) >= 11 is 0. The van der Waals surface area contributed by atoms with Gasteiger partial charge in [-0.25, -0.2) is 13.0 Å². The van der Waals surface area contributed by atoms with E-state index in [2.05, 4.69) is 16.7 Å². The predicted molar refractivity (Wildman–Crippen MR) is 119 cm³/mol. The van der Waals surface area contributed by atoms with Gasteiger partial charge in [-0.05, 0) is 79.3 Å². The van der Waals surface area contributed by atoms with E-state index in [0.717, 1.165) is 24.8 Å². The zero-order valence-corrected chi connectivity index (χ0v) is 19.1. The van der Waals surface area contributed by atoms with Gasteiger partial charge in [0.1, 0.15) is 0 Å². The molecule has 0 bridgehead atoms. The molecule has 0 amide bonds. The topological polar surface area (TPSA) is 127 Å². The van der Waals surface area contributed by atoms with E-state index in [1.54, 1.807) is 24.3 Å². The highest BCUT2D eigenvalue weighted by Gasteiger charge is 2.26. The lowest BCUT2D eigenvalue weighted by atomic mass is 9.82. The van der Waals surface area contributed by atoms with Crippen LogP contribution in [0, 0.1) is 5.92 Å². The Morgan fingerprint density at radius 2 is 1.87 bits per heavy atom. The quantitative estimate of drug-likeness (QED) is 0.362. The summed E-state index contributed by atoms with van der Waals surface area (Å²) in [4.78, 5) is 17.9. The fourth-order valence-corrected chi connectivity index (χ4v) is 6.25. The van der Waals surface area contributed by atoms with Crippen molar-refractivity contribution < 1.29 is 27.3 Å². The molecule has 0 heterocycles. The molecule has 0 radical (unpaired) electrons. The lowest BCUT2D eigenvalue weighted by molar-refractivity contribution is 0.192. The highest BCUT2D eigenvalue weighted by molar-refractivity contribution is 7.91. The highest BCUT2D eigenvalue weighted by Crippen LogP contribution is 2.36. The number of fused-ring (bicyclic) bond motifs is 1. The fraction of sp³-hybridized carbons (Fsp3) is 0.455. The summed E-state index contributed by atoms with van der Waals surface area (Å²) < 4.78 is 40.7. The number of sulfone groups is 1. The molecule has 7 nitrogen and oxygen atoms in total. The second-order valence-corrected chi connectivity index (χ2v) is 11.4. The van der Waals surface area contributed by atoms with E-state index < -0.39 is 17.7 Å². The molecule has 1 aliphatic carbocycles. The number of benzene rings is 2. The van der Waals surface area contributed by atoms with Crippen LogP contribution in [0.4, 0.5) is 0 Å². The molecule has 0 spiro atoms. The molecule has 3 rings (SSSR count). The lowest BCUT2D eigenvalue weighted by Crippen LogP contribution is -2.23. The van der Waals surface area contributed by atoms with E-state index in [-0.39, 0.29) is 24.2 Å². The zero-order chi connectivity index (χ0) is 22.5. The minimum absolute atomic E-state index is 0.0106. The Kier molecular flexibility index (Phi) is 8.08. The maximum atomic E-state index is 12.7. The molecule has 9 heteroatoms. The first-order valence-electron chi connectivity index (χ1n) is 10.5. The minimum atomic E-state index is -4.44. The summed E-state index contributed by atoms with van der Waals surface area (Å²) in [5, 5.41) is 0. The van der Waals surface area contributed by atoms with Gasteiger partial charge in [-0.15, -0.1) is 0 Å². The van der Waals surface area contributed by atoms with Gasteiger partial charge in [0.25, 0.3) is 0 Å². The van der Waals surface area contributed by atoms with Crippen molar-refractivity contribution in [2.75, 3.05) is 18.9 Å². The highest BCUT2D eigenvalue weighted by atomic mass is 32.2. The molecule has 0 fully saturated rings. The molecule has 0 aliphatic heterocycles. The van der Waals surface area contributed by atoms with Crippen LogP contribution >= 0.6 is 7.82 Å². The van der Waals surface area contributed by atoms with Crippen molar-refractivity contribution in [1.29, 1.82) is 0 Å². The van der Waals surface area contributed by atoms with Crippen molar-refractivity contribution in [3.05, 3.63) is 65.2 Å². The molecule has 2 atom stereocenters. The smallest absolute Gasteiger partial charge is 0.330 e. The number of phosphoric acid groups is 1. The molecule has 2 aromatic carbocycles. The molecule has 0 saturated heterocycles. The maximum Gasteiger partial charge on any atom is 0.469 e. The van der Waals surface area contributed by atoms with E-state index in [0.29, 0.717) is 24.3 Å². The van der Waals surface area contributed by atoms with Crippen molar-refractivity contribution in [3.63, 3.8) is 0 Å². The van der Waals surface area contributed by atoms with Gasteiger partial charge in [0.15, 0.2) is 9.84 Å². The molecule has 2 aromatic rings. The van der Waals surface area contributed by atoms with Crippen molar-refractivity contribution in [2.24, 2.45) is 11.7 Å². The van der Waals surface area contributed by atoms with Gasteiger partial charge in [-0.3, -0.25) is 4.52 Å². The van der Waals surface area contributed by atoms with Gasteiger partial charge in [-0.2, -0.15) is 0 Å². The van der Waals surface area contributed by atoms with Crippen molar-refractivity contribution in [2.45, 2.75) is 42.9 Å². The van der Waals surface area contributed by atoms with Crippen molar-refractivity contribution in [1.82, 2.24) is 0 Å². The van der Waals surface area contributed by atoms with Gasteiger partial charge < -0.3 is 15.5 Å². The average molecular weight is 468 g/mol. The first-order chi connectivity index (χ1) is 14.7. The maximum absolute atomic E-state index is 12.7. The van der Waals surface area contributed by atoms with Gasteiger partial charge >= 0.3 is 7.82 Å². The second-order valence-electron chi connectivity index (χ2n) is 8.13. The van der Waals surface area contributed by atoms with E-state index in [1.807, 2.05) is 12.1 Å². The van der Waals surface area contributed by atoms with E-state index in [9.17, 15) is 13.0 Å². The number of rotatable bonds is 10. The Morgan fingerprint density at radius 3 is 2.55 bits per heavy atom. The number of hydrogen-bond acceptors (Lipinski definition) is 5. The van der Waals surface area contributed by atoms with Crippen LogP contribution in [0.3, 0.4) is 0 Å². The second kappa shape index (κ2) is 10.4. The fourth-order valence-electron chi connectivity index (χ4n) is 4.21. The summed E-state index contributed by atoms with van der Waals surface area (Å²) in [6.45, 7) is 0.427.